The molecule has 2 amide bonds. The summed E-state index contributed by atoms with van der Waals surface area (Å²) < 4.78 is 38.1. The molecule has 2 aromatic rings. The monoisotopic (exact) mass is 480 g/mol. The second-order valence-corrected chi connectivity index (χ2v) is 10.2. The van der Waals surface area contributed by atoms with Crippen molar-refractivity contribution in [1.29, 1.82) is 0 Å². The summed E-state index contributed by atoms with van der Waals surface area (Å²) in [5, 5.41) is 4.95. The van der Waals surface area contributed by atoms with Crippen LogP contribution in [0.1, 0.15) is 23.2 Å². The highest BCUT2D eigenvalue weighted by atomic mass is 32.2. The number of rotatable bonds is 6. The summed E-state index contributed by atoms with van der Waals surface area (Å²) in [6, 6.07) is 3.56. The van der Waals surface area contributed by atoms with Gasteiger partial charge in [-0.3, -0.25) is 9.59 Å². The van der Waals surface area contributed by atoms with E-state index in [2.05, 4.69) is 10.3 Å². The predicted molar refractivity (Wildman–Crippen MR) is 117 cm³/mol. The van der Waals surface area contributed by atoms with E-state index in [0.29, 0.717) is 37.7 Å². The first-order valence-corrected chi connectivity index (χ1v) is 12.5. The standard InChI is InChI=1S/C20H24N4O6S2/c1-29-17-5-4-14(32(27,28)23-8-10-30-11-9-23)13-15(17)19(26)24-7-2-3-16(24)18(25)22-20-21-6-12-31-20/h4-6,12-13,16H,2-3,7-11H2,1H3,(H,21,22,25). The maximum Gasteiger partial charge on any atom is 0.258 e. The maximum absolute atomic E-state index is 13.4. The van der Waals surface area contributed by atoms with E-state index < -0.39 is 22.0 Å². The van der Waals surface area contributed by atoms with Crippen molar-refractivity contribution >= 4 is 38.3 Å². The Morgan fingerprint density at radius 2 is 2.03 bits per heavy atom. The number of amides is 2. The highest BCUT2D eigenvalue weighted by Gasteiger charge is 2.37. The zero-order valence-corrected chi connectivity index (χ0v) is 19.2. The van der Waals surface area contributed by atoms with Crippen molar-refractivity contribution in [3.8, 4) is 5.75 Å². The summed E-state index contributed by atoms with van der Waals surface area (Å²) in [7, 11) is -2.37. The van der Waals surface area contributed by atoms with Gasteiger partial charge in [0.25, 0.3) is 5.91 Å². The van der Waals surface area contributed by atoms with Gasteiger partial charge in [-0.1, -0.05) is 0 Å². The van der Waals surface area contributed by atoms with Crippen molar-refractivity contribution < 1.29 is 27.5 Å². The number of likely N-dealkylation sites (tertiary alicyclic amines) is 1. The first-order chi connectivity index (χ1) is 15.4. The Balaban J connectivity index is 1.60. The average molecular weight is 481 g/mol. The molecular formula is C20H24N4O6S2. The van der Waals surface area contributed by atoms with Gasteiger partial charge in [-0.25, -0.2) is 13.4 Å². The van der Waals surface area contributed by atoms with Crippen molar-refractivity contribution in [1.82, 2.24) is 14.2 Å². The van der Waals surface area contributed by atoms with E-state index in [1.807, 2.05) is 0 Å². The van der Waals surface area contributed by atoms with Crippen LogP contribution >= 0.6 is 11.3 Å². The molecule has 4 rings (SSSR count). The second kappa shape index (κ2) is 9.53. The van der Waals surface area contributed by atoms with E-state index in [0.717, 1.165) is 0 Å². The lowest BCUT2D eigenvalue weighted by Crippen LogP contribution is -2.43. The van der Waals surface area contributed by atoms with Crippen LogP contribution in [-0.2, 0) is 19.6 Å². The number of nitrogens with zero attached hydrogens (tertiary/aromatic N) is 3. The SMILES string of the molecule is COc1ccc(S(=O)(=O)N2CCOCC2)cc1C(=O)N1CCCC1C(=O)Nc1nccs1. The van der Waals surface area contributed by atoms with Gasteiger partial charge in [0.05, 0.1) is 30.8 Å². The molecule has 0 spiro atoms. The van der Waals surface area contributed by atoms with Gasteiger partial charge in [-0.05, 0) is 31.0 Å². The summed E-state index contributed by atoms with van der Waals surface area (Å²) in [5.74, 6) is -0.513. The van der Waals surface area contributed by atoms with Gasteiger partial charge in [0.15, 0.2) is 5.13 Å². The third-order valence-corrected chi connectivity index (χ3v) is 8.07. The Bertz CT molecular complexity index is 1080. The summed E-state index contributed by atoms with van der Waals surface area (Å²) in [4.78, 5) is 31.7. The van der Waals surface area contributed by atoms with Crippen LogP contribution in [0, 0.1) is 0 Å². The first-order valence-electron chi connectivity index (χ1n) is 10.2. The van der Waals surface area contributed by atoms with E-state index in [1.165, 1.54) is 45.9 Å². The fourth-order valence-corrected chi connectivity index (χ4v) is 5.83. The maximum atomic E-state index is 13.4. The van der Waals surface area contributed by atoms with Gasteiger partial charge in [0.1, 0.15) is 11.8 Å². The number of carbonyl (C=O) groups is 2. The van der Waals surface area contributed by atoms with Gasteiger partial charge in [-0.15, -0.1) is 11.3 Å². The molecule has 1 aromatic carbocycles. The molecule has 0 bridgehead atoms. The number of aromatic nitrogens is 1. The van der Waals surface area contributed by atoms with E-state index in [4.69, 9.17) is 9.47 Å². The Kier molecular flexibility index (Phi) is 6.74. The number of anilines is 1. The van der Waals surface area contributed by atoms with E-state index in [-0.39, 0.29) is 35.2 Å². The molecule has 2 fully saturated rings. The minimum atomic E-state index is -3.79. The molecule has 0 aliphatic carbocycles. The molecule has 12 heteroatoms. The van der Waals surface area contributed by atoms with Crippen molar-refractivity contribution in [3.63, 3.8) is 0 Å². The highest BCUT2D eigenvalue weighted by molar-refractivity contribution is 7.89. The molecule has 2 saturated heterocycles. The lowest BCUT2D eigenvalue weighted by Gasteiger charge is -2.27. The normalized spacial score (nSPS) is 19.7. The molecule has 1 unspecified atom stereocenters. The van der Waals surface area contributed by atoms with Crippen LogP contribution in [0.5, 0.6) is 5.75 Å². The number of methoxy groups -OCH3 is 1. The predicted octanol–water partition coefficient (Wildman–Crippen LogP) is 1.42. The lowest BCUT2D eigenvalue weighted by molar-refractivity contribution is -0.119. The molecule has 0 radical (unpaired) electrons. The van der Waals surface area contributed by atoms with Crippen LogP contribution in [0.25, 0.3) is 0 Å². The van der Waals surface area contributed by atoms with Gasteiger partial charge < -0.3 is 19.7 Å². The number of thiazole rings is 1. The van der Waals surface area contributed by atoms with Crippen LogP contribution in [0.2, 0.25) is 0 Å². The number of hydrogen-bond donors (Lipinski definition) is 1. The molecule has 0 saturated carbocycles. The fourth-order valence-electron chi connectivity index (χ4n) is 3.86. The third kappa shape index (κ3) is 4.49. The van der Waals surface area contributed by atoms with Crippen LogP contribution < -0.4 is 10.1 Å². The number of ether oxygens (including phenoxy) is 2. The molecule has 1 atom stereocenters. The van der Waals surface area contributed by atoms with Crippen molar-refractivity contribution in [2.24, 2.45) is 0 Å². The number of carbonyl (C=O) groups excluding carboxylic acids is 2. The number of benzene rings is 1. The zero-order valence-electron chi connectivity index (χ0n) is 17.5. The van der Waals surface area contributed by atoms with Crippen molar-refractivity contribution in [3.05, 3.63) is 35.3 Å². The first kappa shape index (κ1) is 22.6. The summed E-state index contributed by atoms with van der Waals surface area (Å²) in [6.07, 6.45) is 2.76. The minimum Gasteiger partial charge on any atom is -0.496 e. The van der Waals surface area contributed by atoms with E-state index in [9.17, 15) is 18.0 Å². The summed E-state index contributed by atoms with van der Waals surface area (Å²) >= 11 is 1.29. The lowest BCUT2D eigenvalue weighted by atomic mass is 10.1. The fraction of sp³-hybridized carbons (Fsp3) is 0.450. The highest BCUT2D eigenvalue weighted by Crippen LogP contribution is 2.29. The average Bonchev–Trinajstić information content (AvgIpc) is 3.51. The van der Waals surface area contributed by atoms with E-state index >= 15 is 0 Å². The quantitative estimate of drug-likeness (QED) is 0.664. The van der Waals surface area contributed by atoms with Crippen LogP contribution in [0.3, 0.4) is 0 Å². The van der Waals surface area contributed by atoms with Crippen LogP contribution in [0.15, 0.2) is 34.7 Å². The third-order valence-electron chi connectivity index (χ3n) is 5.49. The van der Waals surface area contributed by atoms with Crippen LogP contribution in [0.4, 0.5) is 5.13 Å². The van der Waals surface area contributed by atoms with Crippen LogP contribution in [-0.4, -0.2) is 80.4 Å². The van der Waals surface area contributed by atoms with Crippen molar-refractivity contribution in [2.45, 2.75) is 23.8 Å². The van der Waals surface area contributed by atoms with Gasteiger partial charge in [0, 0.05) is 31.2 Å². The topological polar surface area (TPSA) is 118 Å². The van der Waals surface area contributed by atoms with Gasteiger partial charge in [0.2, 0.25) is 15.9 Å². The Labute approximate surface area is 190 Å². The van der Waals surface area contributed by atoms with Gasteiger partial charge >= 0.3 is 0 Å². The zero-order chi connectivity index (χ0) is 22.7. The van der Waals surface area contributed by atoms with E-state index in [1.54, 1.807) is 11.6 Å². The Morgan fingerprint density at radius 1 is 1.25 bits per heavy atom. The number of nitrogens with one attached hydrogen (secondary N) is 1. The minimum absolute atomic E-state index is 0.00605. The summed E-state index contributed by atoms with van der Waals surface area (Å²) in [5.41, 5.74) is 0.107. The number of hydrogen-bond acceptors (Lipinski definition) is 8. The molecule has 2 aliphatic rings. The van der Waals surface area contributed by atoms with Crippen molar-refractivity contribution in [2.75, 3.05) is 45.3 Å². The molecule has 32 heavy (non-hydrogen) atoms. The molecule has 3 heterocycles. The van der Waals surface area contributed by atoms with Gasteiger partial charge in [-0.2, -0.15) is 4.31 Å². The summed E-state index contributed by atoms with van der Waals surface area (Å²) in [6.45, 7) is 1.54. The number of sulfonamides is 1. The molecule has 10 nitrogen and oxygen atoms in total. The largest absolute Gasteiger partial charge is 0.496 e. The molecule has 1 aromatic heterocycles. The number of morpholine rings is 1. The smallest absolute Gasteiger partial charge is 0.258 e. The molecule has 1 N–H and O–H groups in total. The Hall–Kier alpha value is -2.54. The Morgan fingerprint density at radius 3 is 2.72 bits per heavy atom. The second-order valence-electron chi connectivity index (χ2n) is 7.36. The molecule has 2 aliphatic heterocycles. The molecular weight excluding hydrogens is 456 g/mol. The molecule has 172 valence electrons.